The number of rotatable bonds is 5. The molecular weight excluding hydrogens is 250 g/mol. The molecule has 102 valence electrons. The van der Waals surface area contributed by atoms with E-state index in [0.717, 1.165) is 0 Å². The Labute approximate surface area is 109 Å². The van der Waals surface area contributed by atoms with E-state index in [2.05, 4.69) is 10.3 Å². The van der Waals surface area contributed by atoms with Gasteiger partial charge in [0.15, 0.2) is 5.58 Å². The van der Waals surface area contributed by atoms with Gasteiger partial charge in [-0.3, -0.25) is 10.1 Å². The lowest BCUT2D eigenvalue weighted by atomic mass is 10.0. The van der Waals surface area contributed by atoms with Crippen LogP contribution in [0.5, 0.6) is 0 Å². The van der Waals surface area contributed by atoms with Crippen LogP contribution >= 0.6 is 0 Å². The minimum atomic E-state index is -0.481. The van der Waals surface area contributed by atoms with E-state index in [4.69, 9.17) is 9.52 Å². The van der Waals surface area contributed by atoms with Crippen LogP contribution in [0.2, 0.25) is 0 Å². The Morgan fingerprint density at radius 3 is 2.89 bits per heavy atom. The van der Waals surface area contributed by atoms with E-state index < -0.39 is 4.92 Å². The Balaban J connectivity index is 2.29. The second kappa shape index (κ2) is 4.85. The van der Waals surface area contributed by atoms with E-state index >= 15 is 0 Å². The third-order valence-corrected chi connectivity index (χ3v) is 2.76. The fourth-order valence-corrected chi connectivity index (χ4v) is 1.71. The summed E-state index contributed by atoms with van der Waals surface area (Å²) < 4.78 is 5.43. The van der Waals surface area contributed by atoms with Crippen LogP contribution in [0.3, 0.4) is 0 Å². The molecule has 2 N–H and O–H groups in total. The van der Waals surface area contributed by atoms with E-state index in [9.17, 15) is 10.1 Å². The maximum atomic E-state index is 10.7. The normalized spacial score (nSPS) is 11.7. The first-order chi connectivity index (χ1) is 8.91. The zero-order valence-corrected chi connectivity index (χ0v) is 10.7. The lowest BCUT2D eigenvalue weighted by molar-refractivity contribution is -0.384. The molecule has 2 aromatic rings. The van der Waals surface area contributed by atoms with E-state index in [1.54, 1.807) is 6.07 Å². The van der Waals surface area contributed by atoms with Gasteiger partial charge in [0.05, 0.1) is 11.0 Å². The summed E-state index contributed by atoms with van der Waals surface area (Å²) in [6.07, 6.45) is 0.534. The number of non-ortho nitro benzene ring substituents is 1. The number of nitro groups is 1. The van der Waals surface area contributed by atoms with Gasteiger partial charge in [0.25, 0.3) is 11.7 Å². The SMILES string of the molecule is CC(C)(CCO)Nc1nc2ccc([N+](=O)[O-])cc2o1. The van der Waals surface area contributed by atoms with Crippen LogP contribution in [-0.4, -0.2) is 27.2 Å². The van der Waals surface area contributed by atoms with E-state index in [1.807, 2.05) is 13.8 Å². The number of aliphatic hydroxyl groups is 1. The van der Waals surface area contributed by atoms with Crippen LogP contribution in [-0.2, 0) is 0 Å². The second-order valence-electron chi connectivity index (χ2n) is 4.91. The zero-order valence-electron chi connectivity index (χ0n) is 10.7. The maximum absolute atomic E-state index is 10.7. The molecule has 0 bridgehead atoms. The first kappa shape index (κ1) is 13.3. The second-order valence-corrected chi connectivity index (χ2v) is 4.91. The van der Waals surface area contributed by atoms with Crippen LogP contribution in [0, 0.1) is 10.1 Å². The number of nitrogens with one attached hydrogen (secondary N) is 1. The van der Waals surface area contributed by atoms with Gasteiger partial charge >= 0.3 is 0 Å². The predicted molar refractivity (Wildman–Crippen MR) is 70.1 cm³/mol. The van der Waals surface area contributed by atoms with Crippen LogP contribution in [0.4, 0.5) is 11.7 Å². The molecule has 1 aromatic carbocycles. The maximum Gasteiger partial charge on any atom is 0.296 e. The van der Waals surface area contributed by atoms with Gasteiger partial charge in [0, 0.05) is 18.2 Å². The summed E-state index contributed by atoms with van der Waals surface area (Å²) in [6, 6.07) is 4.55. The monoisotopic (exact) mass is 265 g/mol. The fourth-order valence-electron chi connectivity index (χ4n) is 1.71. The van der Waals surface area contributed by atoms with E-state index in [1.165, 1.54) is 12.1 Å². The van der Waals surface area contributed by atoms with Crippen LogP contribution in [0.15, 0.2) is 22.6 Å². The topological polar surface area (TPSA) is 101 Å². The smallest absolute Gasteiger partial charge is 0.296 e. The summed E-state index contributed by atoms with van der Waals surface area (Å²) >= 11 is 0. The molecule has 7 heteroatoms. The number of aromatic nitrogens is 1. The molecule has 1 heterocycles. The van der Waals surface area contributed by atoms with Crippen molar-refractivity contribution >= 4 is 22.8 Å². The molecule has 0 fully saturated rings. The van der Waals surface area contributed by atoms with E-state index in [0.29, 0.717) is 17.5 Å². The van der Waals surface area contributed by atoms with Gasteiger partial charge in [-0.25, -0.2) is 0 Å². The summed E-state index contributed by atoms with van der Waals surface area (Å²) in [5.74, 6) is 0. The number of hydrogen-bond acceptors (Lipinski definition) is 6. The Bertz CT molecular complexity index is 606. The van der Waals surface area contributed by atoms with Crippen LogP contribution in [0.1, 0.15) is 20.3 Å². The summed E-state index contributed by atoms with van der Waals surface area (Å²) in [6.45, 7) is 3.85. The highest BCUT2D eigenvalue weighted by atomic mass is 16.6. The summed E-state index contributed by atoms with van der Waals surface area (Å²) in [4.78, 5) is 14.4. The van der Waals surface area contributed by atoms with Gasteiger partial charge in [-0.05, 0) is 26.3 Å². The molecule has 0 radical (unpaired) electrons. The first-order valence-corrected chi connectivity index (χ1v) is 5.85. The molecular formula is C12H15N3O4. The Morgan fingerprint density at radius 2 is 2.26 bits per heavy atom. The van der Waals surface area contributed by atoms with Crippen molar-refractivity contribution in [2.75, 3.05) is 11.9 Å². The average Bonchev–Trinajstić information content (AvgIpc) is 2.68. The number of fused-ring (bicyclic) bond motifs is 1. The summed E-state index contributed by atoms with van der Waals surface area (Å²) in [5.41, 5.74) is 0.496. The molecule has 0 saturated carbocycles. The van der Waals surface area contributed by atoms with Crippen molar-refractivity contribution in [2.45, 2.75) is 25.8 Å². The molecule has 1 aromatic heterocycles. The number of hydrogen-bond donors (Lipinski definition) is 2. The molecule has 0 aliphatic carbocycles. The van der Waals surface area contributed by atoms with Gasteiger partial charge in [0.2, 0.25) is 0 Å². The molecule has 2 rings (SSSR count). The van der Waals surface area contributed by atoms with Crippen molar-refractivity contribution in [3.05, 3.63) is 28.3 Å². The molecule has 0 spiro atoms. The molecule has 0 aliphatic heterocycles. The standard InChI is InChI=1S/C12H15N3O4/c1-12(2,5-6-16)14-11-13-9-4-3-8(15(17)18)7-10(9)19-11/h3-4,7,16H,5-6H2,1-2H3,(H,13,14). The van der Waals surface area contributed by atoms with Gasteiger partial charge in [0.1, 0.15) is 5.52 Å². The van der Waals surface area contributed by atoms with Crippen molar-refractivity contribution in [1.29, 1.82) is 0 Å². The highest BCUT2D eigenvalue weighted by molar-refractivity contribution is 5.77. The predicted octanol–water partition coefficient (Wildman–Crippen LogP) is 2.31. The molecule has 0 aliphatic rings. The lowest BCUT2D eigenvalue weighted by Crippen LogP contribution is -2.31. The molecule has 0 saturated heterocycles. The third kappa shape index (κ3) is 3.00. The largest absolute Gasteiger partial charge is 0.423 e. The Morgan fingerprint density at radius 1 is 1.53 bits per heavy atom. The van der Waals surface area contributed by atoms with Gasteiger partial charge in [-0.2, -0.15) is 4.98 Å². The molecule has 0 unspecified atom stereocenters. The molecule has 19 heavy (non-hydrogen) atoms. The third-order valence-electron chi connectivity index (χ3n) is 2.76. The van der Waals surface area contributed by atoms with Crippen molar-refractivity contribution in [3.63, 3.8) is 0 Å². The number of oxazole rings is 1. The highest BCUT2D eigenvalue weighted by Gasteiger charge is 2.20. The number of nitrogens with zero attached hydrogens (tertiary/aromatic N) is 2. The number of anilines is 1. The Kier molecular flexibility index (Phi) is 3.39. The average molecular weight is 265 g/mol. The number of aliphatic hydroxyl groups excluding tert-OH is 1. The minimum Gasteiger partial charge on any atom is -0.423 e. The minimum absolute atomic E-state index is 0.0372. The van der Waals surface area contributed by atoms with Gasteiger partial charge in [-0.15, -0.1) is 0 Å². The van der Waals surface area contributed by atoms with Crippen molar-refractivity contribution in [2.24, 2.45) is 0 Å². The summed E-state index contributed by atoms with van der Waals surface area (Å²) in [7, 11) is 0. The van der Waals surface area contributed by atoms with Crippen molar-refractivity contribution in [1.82, 2.24) is 4.98 Å². The van der Waals surface area contributed by atoms with Crippen LogP contribution in [0.25, 0.3) is 11.1 Å². The van der Waals surface area contributed by atoms with Gasteiger partial charge < -0.3 is 14.8 Å². The lowest BCUT2D eigenvalue weighted by Gasteiger charge is -2.23. The number of nitro benzene ring substituents is 1. The van der Waals surface area contributed by atoms with Crippen molar-refractivity contribution < 1.29 is 14.4 Å². The van der Waals surface area contributed by atoms with E-state index in [-0.39, 0.29) is 23.8 Å². The summed E-state index contributed by atoms with van der Waals surface area (Å²) in [5, 5.41) is 22.7. The number of benzene rings is 1. The quantitative estimate of drug-likeness (QED) is 0.635. The molecule has 0 atom stereocenters. The van der Waals surface area contributed by atoms with Crippen LogP contribution < -0.4 is 5.32 Å². The van der Waals surface area contributed by atoms with Gasteiger partial charge in [-0.1, -0.05) is 0 Å². The fraction of sp³-hybridized carbons (Fsp3) is 0.417. The Hall–Kier alpha value is -2.15. The molecule has 0 amide bonds. The zero-order chi connectivity index (χ0) is 14.0. The molecule has 7 nitrogen and oxygen atoms in total. The first-order valence-electron chi connectivity index (χ1n) is 5.85. The van der Waals surface area contributed by atoms with Crippen molar-refractivity contribution in [3.8, 4) is 0 Å². The highest BCUT2D eigenvalue weighted by Crippen LogP contribution is 2.25.